The maximum atomic E-state index is 12.5. The number of carbonyl (C=O) groups is 2. The van der Waals surface area contributed by atoms with Crippen LogP contribution < -0.4 is 5.32 Å². The van der Waals surface area contributed by atoms with Crippen LogP contribution in [0.1, 0.15) is 418 Å². The Bertz CT molecular complexity index is 1420. The van der Waals surface area contributed by atoms with Crippen molar-refractivity contribution in [3.8, 4) is 0 Å². The molecule has 1 amide bonds. The molecule has 85 heavy (non-hydrogen) atoms. The Morgan fingerprint density at radius 2 is 0.588 bits per heavy atom. The Labute approximate surface area is 531 Å². The average Bonchev–Trinajstić information content (AvgIpc) is 3.51. The zero-order chi connectivity index (χ0) is 61.3. The maximum Gasteiger partial charge on any atom is 0.305 e. The number of amides is 1. The molecule has 0 aromatic carbocycles. The molecule has 0 aliphatic rings. The van der Waals surface area contributed by atoms with Gasteiger partial charge in [-0.05, 0) is 89.9 Å². The molecule has 3 N–H and O–H groups in total. The first-order valence-corrected chi connectivity index (χ1v) is 38.4. The molecule has 0 aromatic heterocycles. The van der Waals surface area contributed by atoms with Gasteiger partial charge < -0.3 is 20.3 Å². The van der Waals surface area contributed by atoms with E-state index in [1.807, 2.05) is 6.08 Å². The summed E-state index contributed by atoms with van der Waals surface area (Å²) >= 11 is 0. The minimum absolute atomic E-state index is 0.00312. The summed E-state index contributed by atoms with van der Waals surface area (Å²) in [5.74, 6) is -0.0593. The third-order valence-electron chi connectivity index (χ3n) is 17.8. The van der Waals surface area contributed by atoms with Gasteiger partial charge in [0.05, 0.1) is 25.4 Å². The molecule has 0 aliphatic heterocycles. The van der Waals surface area contributed by atoms with E-state index >= 15 is 0 Å². The number of carbonyl (C=O) groups excluding carboxylic acids is 2. The molecule has 6 heteroatoms. The van der Waals surface area contributed by atoms with Crippen molar-refractivity contribution in [2.75, 3.05) is 13.2 Å². The van der Waals surface area contributed by atoms with E-state index in [9.17, 15) is 19.8 Å². The largest absolute Gasteiger partial charge is 0.466 e. The Kier molecular flexibility index (Phi) is 72.4. The predicted octanol–water partition coefficient (Wildman–Crippen LogP) is 25.2. The fourth-order valence-electron chi connectivity index (χ4n) is 12.0. The van der Waals surface area contributed by atoms with Crippen LogP contribution in [0.25, 0.3) is 0 Å². The topological polar surface area (TPSA) is 95.9 Å². The highest BCUT2D eigenvalue weighted by molar-refractivity contribution is 5.76. The van der Waals surface area contributed by atoms with Gasteiger partial charge in [-0.1, -0.05) is 364 Å². The summed E-state index contributed by atoms with van der Waals surface area (Å²) in [5, 5.41) is 23.3. The van der Waals surface area contributed by atoms with Gasteiger partial charge >= 0.3 is 5.97 Å². The van der Waals surface area contributed by atoms with Crippen molar-refractivity contribution in [1.82, 2.24) is 5.32 Å². The van der Waals surface area contributed by atoms with E-state index in [0.717, 1.165) is 51.4 Å². The second-order valence-corrected chi connectivity index (χ2v) is 26.3. The number of esters is 1. The highest BCUT2D eigenvalue weighted by Crippen LogP contribution is 2.19. The molecular weight excluding hydrogens is 1040 g/mol. The van der Waals surface area contributed by atoms with Crippen molar-refractivity contribution in [3.05, 3.63) is 48.6 Å². The standard InChI is InChI=1S/C79H149NO5/c1-3-5-7-9-11-13-15-17-19-20-21-22-31-34-37-40-44-47-51-55-59-63-67-71-77(82)76(75-81)80-78(83)72-68-64-60-56-52-48-45-41-38-35-32-29-27-25-23-24-26-28-30-33-36-39-42-46-50-54-58-62-66-70-74-85-79(84)73-69-65-61-57-53-49-43-18-16-14-12-10-8-6-4-2/h12,14,18,24,26,43,67,71,76-77,81-82H,3-11,13,15-17,19-23,25,27-42,44-66,68-70,72-75H2,1-2H3,(H,80,83)/b14-12-,26-24-,43-18-,71-67+. The Balaban J connectivity index is 3.40. The van der Waals surface area contributed by atoms with Gasteiger partial charge in [0, 0.05) is 12.8 Å². The van der Waals surface area contributed by atoms with Crippen molar-refractivity contribution in [2.45, 2.75) is 431 Å². The predicted molar refractivity (Wildman–Crippen MR) is 375 cm³/mol. The highest BCUT2D eigenvalue weighted by Gasteiger charge is 2.18. The zero-order valence-corrected chi connectivity index (χ0v) is 57.4. The third kappa shape index (κ3) is 70.8. The van der Waals surface area contributed by atoms with Gasteiger partial charge in [-0.3, -0.25) is 9.59 Å². The Hall–Kier alpha value is -2.18. The second-order valence-electron chi connectivity index (χ2n) is 26.3. The van der Waals surface area contributed by atoms with Crippen LogP contribution in [-0.4, -0.2) is 47.4 Å². The number of hydrogen-bond acceptors (Lipinski definition) is 5. The Morgan fingerprint density at radius 1 is 0.329 bits per heavy atom. The second kappa shape index (κ2) is 74.3. The number of allylic oxidation sites excluding steroid dienone is 7. The lowest BCUT2D eigenvalue weighted by Crippen LogP contribution is -2.45. The van der Waals surface area contributed by atoms with Crippen LogP contribution in [0.3, 0.4) is 0 Å². The van der Waals surface area contributed by atoms with E-state index in [0.29, 0.717) is 19.4 Å². The van der Waals surface area contributed by atoms with E-state index in [1.165, 1.54) is 340 Å². The third-order valence-corrected chi connectivity index (χ3v) is 17.8. The molecule has 0 saturated carbocycles. The lowest BCUT2D eigenvalue weighted by molar-refractivity contribution is -0.143. The molecule has 0 heterocycles. The van der Waals surface area contributed by atoms with E-state index < -0.39 is 12.1 Å². The van der Waals surface area contributed by atoms with Gasteiger partial charge in [0.2, 0.25) is 5.91 Å². The summed E-state index contributed by atoms with van der Waals surface area (Å²) in [6, 6.07) is -0.629. The van der Waals surface area contributed by atoms with Crippen LogP contribution in [0.4, 0.5) is 0 Å². The number of ether oxygens (including phenoxy) is 1. The van der Waals surface area contributed by atoms with Crippen LogP contribution >= 0.6 is 0 Å². The van der Waals surface area contributed by atoms with Crippen LogP contribution in [0.2, 0.25) is 0 Å². The van der Waals surface area contributed by atoms with E-state index in [-0.39, 0.29) is 18.5 Å². The SMILES string of the molecule is CCCCC/C=C\C/C=C\CCCCCCCC(=O)OCCCCCCCCCCCCCC/C=C\CCCCCCCCCCCCCCCCC(=O)NC(CO)C(O)/C=C/CCCCCCCCCCCCCCCCCCCCCCC. The summed E-state index contributed by atoms with van der Waals surface area (Å²) in [7, 11) is 0. The fourth-order valence-corrected chi connectivity index (χ4v) is 12.0. The first-order chi connectivity index (χ1) is 42.0. The van der Waals surface area contributed by atoms with E-state index in [4.69, 9.17) is 4.74 Å². The molecule has 0 saturated heterocycles. The molecule has 0 rings (SSSR count). The fraction of sp³-hybridized carbons (Fsp3) is 0.873. The minimum atomic E-state index is -0.846. The van der Waals surface area contributed by atoms with Crippen LogP contribution in [0, 0.1) is 0 Å². The van der Waals surface area contributed by atoms with Crippen molar-refractivity contribution in [1.29, 1.82) is 0 Å². The number of nitrogens with one attached hydrogen (secondary N) is 1. The molecule has 0 fully saturated rings. The Morgan fingerprint density at radius 3 is 0.929 bits per heavy atom. The van der Waals surface area contributed by atoms with E-state index in [1.54, 1.807) is 6.08 Å². The summed E-state index contributed by atoms with van der Waals surface area (Å²) in [6.45, 7) is 4.91. The van der Waals surface area contributed by atoms with Crippen LogP contribution in [-0.2, 0) is 14.3 Å². The highest BCUT2D eigenvalue weighted by atomic mass is 16.5. The van der Waals surface area contributed by atoms with Crippen molar-refractivity contribution < 1.29 is 24.5 Å². The monoisotopic (exact) mass is 1190 g/mol. The summed E-state index contributed by atoms with van der Waals surface area (Å²) in [6.07, 6.45) is 97.9. The maximum absolute atomic E-state index is 12.5. The molecule has 0 aliphatic carbocycles. The number of rotatable bonds is 72. The van der Waals surface area contributed by atoms with Gasteiger partial charge in [0.1, 0.15) is 0 Å². The lowest BCUT2D eigenvalue weighted by Gasteiger charge is -2.20. The summed E-state index contributed by atoms with van der Waals surface area (Å²) in [4.78, 5) is 24.6. The van der Waals surface area contributed by atoms with Crippen molar-refractivity contribution in [3.63, 3.8) is 0 Å². The molecular formula is C79H149NO5. The number of hydrogen-bond donors (Lipinski definition) is 3. The molecule has 2 atom stereocenters. The molecule has 6 nitrogen and oxygen atoms in total. The summed E-state index contributed by atoms with van der Waals surface area (Å²) in [5.41, 5.74) is 0. The summed E-state index contributed by atoms with van der Waals surface area (Å²) < 4.78 is 5.49. The van der Waals surface area contributed by atoms with Gasteiger partial charge in [-0.25, -0.2) is 0 Å². The normalized spacial score (nSPS) is 12.8. The number of aliphatic hydroxyl groups is 2. The smallest absolute Gasteiger partial charge is 0.305 e. The van der Waals surface area contributed by atoms with Crippen molar-refractivity contribution >= 4 is 11.9 Å². The van der Waals surface area contributed by atoms with Crippen LogP contribution in [0.5, 0.6) is 0 Å². The van der Waals surface area contributed by atoms with Gasteiger partial charge in [0.25, 0.3) is 0 Å². The minimum Gasteiger partial charge on any atom is -0.466 e. The molecule has 2 unspecified atom stereocenters. The van der Waals surface area contributed by atoms with Gasteiger partial charge in [-0.15, -0.1) is 0 Å². The lowest BCUT2D eigenvalue weighted by atomic mass is 10.0. The van der Waals surface area contributed by atoms with E-state index in [2.05, 4.69) is 55.6 Å². The quantitative estimate of drug-likeness (QED) is 0.0320. The first kappa shape index (κ1) is 82.8. The molecule has 0 spiro atoms. The molecule has 0 bridgehead atoms. The number of unbranched alkanes of at least 4 members (excludes halogenated alkanes) is 55. The van der Waals surface area contributed by atoms with Gasteiger partial charge in [0.15, 0.2) is 0 Å². The zero-order valence-electron chi connectivity index (χ0n) is 57.4. The number of aliphatic hydroxyl groups excluding tert-OH is 2. The van der Waals surface area contributed by atoms with Crippen molar-refractivity contribution in [2.24, 2.45) is 0 Å². The first-order valence-electron chi connectivity index (χ1n) is 38.4. The average molecular weight is 1190 g/mol. The van der Waals surface area contributed by atoms with Crippen LogP contribution in [0.15, 0.2) is 48.6 Å². The molecule has 500 valence electrons. The molecule has 0 radical (unpaired) electrons. The molecule has 0 aromatic rings. The van der Waals surface area contributed by atoms with Gasteiger partial charge in [-0.2, -0.15) is 0 Å².